The number of halogens is 1. The minimum atomic E-state index is -0.909. The van der Waals surface area contributed by atoms with Gasteiger partial charge in [-0.15, -0.1) is 0 Å². The molecular weight excluding hydrogens is 350 g/mol. The molecule has 2 N–H and O–H groups in total. The van der Waals surface area contributed by atoms with Crippen molar-refractivity contribution in [3.8, 4) is 0 Å². The van der Waals surface area contributed by atoms with E-state index < -0.39 is 11.6 Å². The quantitative estimate of drug-likeness (QED) is 0.802. The second-order valence-corrected chi connectivity index (χ2v) is 6.65. The number of hydrogen-bond acceptors (Lipinski definition) is 3. The molecule has 0 saturated carbocycles. The standard InChI is InChI=1S/C15H18BrN3O3/c1-9-4-5-11(10(16)8-9)17-12(20)6-7-19-13(21)15(2,3)18-14(19)22/h4-5,8H,6-7H2,1-3H3,(H,17,20)(H,18,22). The summed E-state index contributed by atoms with van der Waals surface area (Å²) in [5, 5.41) is 5.34. The van der Waals surface area contributed by atoms with Gasteiger partial charge in [0, 0.05) is 17.4 Å². The summed E-state index contributed by atoms with van der Waals surface area (Å²) in [7, 11) is 0. The summed E-state index contributed by atoms with van der Waals surface area (Å²) in [4.78, 5) is 36.8. The van der Waals surface area contributed by atoms with Crippen LogP contribution in [0.15, 0.2) is 22.7 Å². The molecule has 0 unspecified atom stereocenters. The number of carbonyl (C=O) groups is 3. The van der Waals surface area contributed by atoms with Gasteiger partial charge in [-0.25, -0.2) is 4.79 Å². The third-order valence-electron chi connectivity index (χ3n) is 3.41. The SMILES string of the molecule is Cc1ccc(NC(=O)CCN2C(=O)NC(C)(C)C2=O)c(Br)c1. The maximum atomic E-state index is 12.0. The number of aryl methyl sites for hydroxylation is 1. The fourth-order valence-electron chi connectivity index (χ4n) is 2.17. The average Bonchev–Trinajstić information content (AvgIpc) is 2.60. The topological polar surface area (TPSA) is 78.5 Å². The predicted octanol–water partition coefficient (Wildman–Crippen LogP) is 2.42. The summed E-state index contributed by atoms with van der Waals surface area (Å²) in [6, 6.07) is 5.13. The largest absolute Gasteiger partial charge is 0.325 e. The van der Waals surface area contributed by atoms with Gasteiger partial charge in [-0.05, 0) is 54.4 Å². The van der Waals surface area contributed by atoms with Crippen LogP contribution in [0.5, 0.6) is 0 Å². The molecule has 7 heteroatoms. The molecule has 118 valence electrons. The molecular formula is C15H18BrN3O3. The lowest BCUT2D eigenvalue weighted by Gasteiger charge is -2.16. The number of urea groups is 1. The zero-order chi connectivity index (χ0) is 16.5. The van der Waals surface area contributed by atoms with Crippen LogP contribution in [0, 0.1) is 6.92 Å². The number of anilines is 1. The highest BCUT2D eigenvalue weighted by Crippen LogP contribution is 2.23. The van der Waals surface area contributed by atoms with E-state index in [9.17, 15) is 14.4 Å². The van der Waals surface area contributed by atoms with E-state index in [4.69, 9.17) is 0 Å². The van der Waals surface area contributed by atoms with Crippen LogP contribution < -0.4 is 10.6 Å². The first kappa shape index (κ1) is 16.5. The van der Waals surface area contributed by atoms with Crippen LogP contribution in [0.2, 0.25) is 0 Å². The first-order valence-electron chi connectivity index (χ1n) is 6.91. The Labute approximate surface area is 137 Å². The molecule has 22 heavy (non-hydrogen) atoms. The first-order chi connectivity index (χ1) is 10.2. The summed E-state index contributed by atoms with van der Waals surface area (Å²) in [6.07, 6.45) is 0.0511. The Hall–Kier alpha value is -1.89. The van der Waals surface area contributed by atoms with Crippen LogP contribution in [-0.4, -0.2) is 34.8 Å². The fraction of sp³-hybridized carbons (Fsp3) is 0.400. The zero-order valence-electron chi connectivity index (χ0n) is 12.7. The number of hydrogen-bond donors (Lipinski definition) is 2. The van der Waals surface area contributed by atoms with Crippen molar-refractivity contribution >= 4 is 39.5 Å². The maximum absolute atomic E-state index is 12.0. The van der Waals surface area contributed by atoms with Gasteiger partial charge in [0.15, 0.2) is 0 Å². The lowest BCUT2D eigenvalue weighted by molar-refractivity contribution is -0.130. The number of rotatable bonds is 4. The summed E-state index contributed by atoms with van der Waals surface area (Å²) in [5.74, 6) is -0.573. The highest BCUT2D eigenvalue weighted by atomic mass is 79.9. The van der Waals surface area contributed by atoms with E-state index >= 15 is 0 Å². The number of imide groups is 1. The molecule has 1 aromatic carbocycles. The molecule has 1 fully saturated rings. The van der Waals surface area contributed by atoms with Gasteiger partial charge in [-0.2, -0.15) is 0 Å². The number of nitrogens with zero attached hydrogens (tertiary/aromatic N) is 1. The van der Waals surface area contributed by atoms with E-state index in [1.165, 1.54) is 0 Å². The molecule has 1 saturated heterocycles. The number of benzene rings is 1. The van der Waals surface area contributed by atoms with Crippen molar-refractivity contribution in [3.05, 3.63) is 28.2 Å². The van der Waals surface area contributed by atoms with Gasteiger partial charge in [0.1, 0.15) is 5.54 Å². The van der Waals surface area contributed by atoms with Crippen LogP contribution in [-0.2, 0) is 9.59 Å². The zero-order valence-corrected chi connectivity index (χ0v) is 14.3. The Balaban J connectivity index is 1.93. The Morgan fingerprint density at radius 2 is 2.05 bits per heavy atom. The molecule has 1 aliphatic heterocycles. The average molecular weight is 368 g/mol. The molecule has 4 amide bonds. The third kappa shape index (κ3) is 3.47. The van der Waals surface area contributed by atoms with Gasteiger partial charge in [0.05, 0.1) is 5.69 Å². The van der Waals surface area contributed by atoms with Gasteiger partial charge in [0.2, 0.25) is 5.91 Å². The van der Waals surface area contributed by atoms with Crippen molar-refractivity contribution in [2.24, 2.45) is 0 Å². The number of carbonyl (C=O) groups excluding carboxylic acids is 3. The van der Waals surface area contributed by atoms with Crippen LogP contribution >= 0.6 is 15.9 Å². The molecule has 1 heterocycles. The van der Waals surface area contributed by atoms with Crippen LogP contribution in [0.25, 0.3) is 0 Å². The summed E-state index contributed by atoms with van der Waals surface area (Å²) >= 11 is 3.38. The molecule has 0 atom stereocenters. The summed E-state index contributed by atoms with van der Waals surface area (Å²) in [5.41, 5.74) is 0.827. The third-order valence-corrected chi connectivity index (χ3v) is 4.06. The van der Waals surface area contributed by atoms with Crippen LogP contribution in [0.4, 0.5) is 10.5 Å². The predicted molar refractivity (Wildman–Crippen MR) is 86.4 cm³/mol. The van der Waals surface area contributed by atoms with E-state index in [1.807, 2.05) is 19.1 Å². The highest BCUT2D eigenvalue weighted by Gasteiger charge is 2.43. The summed E-state index contributed by atoms with van der Waals surface area (Å²) < 4.78 is 0.789. The minimum Gasteiger partial charge on any atom is -0.325 e. The van der Waals surface area contributed by atoms with E-state index in [2.05, 4.69) is 26.6 Å². The van der Waals surface area contributed by atoms with Gasteiger partial charge in [-0.3, -0.25) is 14.5 Å². The smallest absolute Gasteiger partial charge is 0.325 e. The van der Waals surface area contributed by atoms with E-state index in [-0.39, 0.29) is 24.8 Å². The molecule has 1 aliphatic rings. The monoisotopic (exact) mass is 367 g/mol. The van der Waals surface area contributed by atoms with Crippen molar-refractivity contribution in [1.82, 2.24) is 10.2 Å². The Morgan fingerprint density at radius 1 is 1.36 bits per heavy atom. The number of nitrogens with one attached hydrogen (secondary N) is 2. The molecule has 0 radical (unpaired) electrons. The maximum Gasteiger partial charge on any atom is 0.325 e. The van der Waals surface area contributed by atoms with E-state index in [1.54, 1.807) is 19.9 Å². The van der Waals surface area contributed by atoms with Crippen molar-refractivity contribution < 1.29 is 14.4 Å². The van der Waals surface area contributed by atoms with E-state index in [0.717, 1.165) is 14.9 Å². The lowest BCUT2D eigenvalue weighted by Crippen LogP contribution is -2.40. The fourth-order valence-corrected chi connectivity index (χ4v) is 2.76. The van der Waals surface area contributed by atoms with Gasteiger partial charge < -0.3 is 10.6 Å². The van der Waals surface area contributed by atoms with E-state index in [0.29, 0.717) is 5.69 Å². The number of amides is 4. The molecule has 1 aromatic rings. The first-order valence-corrected chi connectivity index (χ1v) is 7.70. The highest BCUT2D eigenvalue weighted by molar-refractivity contribution is 9.10. The molecule has 6 nitrogen and oxygen atoms in total. The van der Waals surface area contributed by atoms with Crippen LogP contribution in [0.3, 0.4) is 0 Å². The summed E-state index contributed by atoms with van der Waals surface area (Å²) in [6.45, 7) is 5.28. The Bertz CT molecular complexity index is 643. The molecule has 0 aliphatic carbocycles. The molecule has 0 bridgehead atoms. The van der Waals surface area contributed by atoms with Gasteiger partial charge >= 0.3 is 6.03 Å². The molecule has 2 rings (SSSR count). The Morgan fingerprint density at radius 3 is 2.59 bits per heavy atom. The second kappa shape index (κ2) is 6.08. The Kier molecular flexibility index (Phi) is 4.55. The molecule has 0 spiro atoms. The van der Waals surface area contributed by atoms with Crippen molar-refractivity contribution in [2.45, 2.75) is 32.7 Å². The minimum absolute atomic E-state index is 0.0511. The second-order valence-electron chi connectivity index (χ2n) is 5.79. The van der Waals surface area contributed by atoms with Crippen LogP contribution in [0.1, 0.15) is 25.8 Å². The van der Waals surface area contributed by atoms with Crippen molar-refractivity contribution in [2.75, 3.05) is 11.9 Å². The van der Waals surface area contributed by atoms with Crippen molar-refractivity contribution in [3.63, 3.8) is 0 Å². The normalized spacial score (nSPS) is 16.6. The lowest BCUT2D eigenvalue weighted by atomic mass is 10.1. The van der Waals surface area contributed by atoms with Crippen molar-refractivity contribution in [1.29, 1.82) is 0 Å². The van der Waals surface area contributed by atoms with Gasteiger partial charge in [0.25, 0.3) is 5.91 Å². The van der Waals surface area contributed by atoms with Gasteiger partial charge in [-0.1, -0.05) is 6.07 Å². The molecule has 0 aromatic heterocycles.